The summed E-state index contributed by atoms with van der Waals surface area (Å²) in [5, 5.41) is 10.4. The molecule has 3 nitrogen and oxygen atoms in total. The number of methoxy groups -OCH3 is 1. The van der Waals surface area contributed by atoms with Gasteiger partial charge in [0.25, 0.3) is 0 Å². The van der Waals surface area contributed by atoms with Gasteiger partial charge in [-0.2, -0.15) is 0 Å². The molecule has 0 aliphatic carbocycles. The van der Waals surface area contributed by atoms with Crippen LogP contribution < -0.4 is 4.74 Å². The normalized spacial score (nSPS) is 13.8. The maximum atomic E-state index is 10.4. The summed E-state index contributed by atoms with van der Waals surface area (Å²) in [4.78, 5) is 4.51. The van der Waals surface area contributed by atoms with Gasteiger partial charge in [-0.15, -0.1) is 0 Å². The molecule has 1 aromatic carbocycles. The Morgan fingerprint density at radius 1 is 1.20 bits per heavy atom. The predicted octanol–water partition coefficient (Wildman–Crippen LogP) is 3.31. The molecule has 1 aromatic heterocycles. The van der Waals surface area contributed by atoms with Crippen molar-refractivity contribution in [1.82, 2.24) is 4.98 Å². The van der Waals surface area contributed by atoms with Crippen LogP contribution in [0.4, 0.5) is 0 Å². The van der Waals surface area contributed by atoms with Crippen molar-refractivity contribution in [3.05, 3.63) is 59.4 Å². The summed E-state index contributed by atoms with van der Waals surface area (Å²) in [6.45, 7) is 3.98. The lowest BCUT2D eigenvalue weighted by Crippen LogP contribution is -2.13. The highest BCUT2D eigenvalue weighted by Crippen LogP contribution is 2.25. The number of aliphatic hydroxyl groups excluding tert-OH is 1. The van der Waals surface area contributed by atoms with E-state index in [-0.39, 0.29) is 5.92 Å². The van der Waals surface area contributed by atoms with Crippen molar-refractivity contribution in [2.75, 3.05) is 7.11 Å². The molecule has 2 unspecified atom stereocenters. The van der Waals surface area contributed by atoms with Crippen LogP contribution in [0.3, 0.4) is 0 Å². The quantitative estimate of drug-likeness (QED) is 0.907. The van der Waals surface area contributed by atoms with E-state index >= 15 is 0 Å². The molecule has 20 heavy (non-hydrogen) atoms. The number of rotatable bonds is 5. The third-order valence-electron chi connectivity index (χ3n) is 3.43. The van der Waals surface area contributed by atoms with Crippen molar-refractivity contribution in [2.24, 2.45) is 5.92 Å². The first-order chi connectivity index (χ1) is 9.60. The summed E-state index contributed by atoms with van der Waals surface area (Å²) in [6, 6.07) is 13.6. The molecule has 3 heteroatoms. The largest absolute Gasteiger partial charge is 0.497 e. The van der Waals surface area contributed by atoms with Crippen molar-refractivity contribution >= 4 is 0 Å². The van der Waals surface area contributed by atoms with Gasteiger partial charge in [-0.1, -0.05) is 37.3 Å². The molecule has 2 rings (SSSR count). The van der Waals surface area contributed by atoms with Crippen LogP contribution in [-0.2, 0) is 6.42 Å². The van der Waals surface area contributed by atoms with E-state index in [0.717, 1.165) is 22.7 Å². The van der Waals surface area contributed by atoms with Crippen LogP contribution in [0.2, 0.25) is 0 Å². The average molecular weight is 271 g/mol. The minimum atomic E-state index is -0.482. The Labute approximate surface area is 120 Å². The second kappa shape index (κ2) is 6.53. The van der Waals surface area contributed by atoms with Crippen molar-refractivity contribution in [1.29, 1.82) is 0 Å². The zero-order valence-electron chi connectivity index (χ0n) is 12.2. The van der Waals surface area contributed by atoms with Crippen LogP contribution in [-0.4, -0.2) is 17.2 Å². The lowest BCUT2D eigenvalue weighted by molar-refractivity contribution is 0.117. The summed E-state index contributed by atoms with van der Waals surface area (Å²) in [5.41, 5.74) is 2.82. The Morgan fingerprint density at radius 3 is 2.55 bits per heavy atom. The minimum Gasteiger partial charge on any atom is -0.497 e. The van der Waals surface area contributed by atoms with Gasteiger partial charge in [-0.3, -0.25) is 4.98 Å². The third-order valence-corrected chi connectivity index (χ3v) is 3.43. The van der Waals surface area contributed by atoms with Gasteiger partial charge in [0.2, 0.25) is 0 Å². The van der Waals surface area contributed by atoms with E-state index in [9.17, 15) is 5.11 Å². The molecule has 1 N–H and O–H groups in total. The van der Waals surface area contributed by atoms with E-state index in [0.29, 0.717) is 6.42 Å². The molecule has 0 radical (unpaired) electrons. The molecule has 0 aliphatic rings. The second-order valence-corrected chi connectivity index (χ2v) is 5.18. The topological polar surface area (TPSA) is 42.4 Å². The zero-order valence-corrected chi connectivity index (χ0v) is 12.2. The molecular weight excluding hydrogens is 250 g/mol. The van der Waals surface area contributed by atoms with Gasteiger partial charge in [-0.25, -0.2) is 0 Å². The van der Waals surface area contributed by atoms with E-state index in [1.165, 1.54) is 0 Å². The average Bonchev–Trinajstić information content (AvgIpc) is 2.46. The SMILES string of the molecule is COc1cc(C)nc(CC(C)C(O)c2ccccc2)c1. The molecule has 0 aliphatic heterocycles. The van der Waals surface area contributed by atoms with Gasteiger partial charge in [0.1, 0.15) is 5.75 Å². The van der Waals surface area contributed by atoms with Crippen LogP contribution in [0.5, 0.6) is 5.75 Å². The lowest BCUT2D eigenvalue weighted by Gasteiger charge is -2.19. The monoisotopic (exact) mass is 271 g/mol. The fourth-order valence-corrected chi connectivity index (χ4v) is 2.35. The number of aromatic nitrogens is 1. The van der Waals surface area contributed by atoms with Crippen LogP contribution >= 0.6 is 0 Å². The maximum Gasteiger partial charge on any atom is 0.122 e. The van der Waals surface area contributed by atoms with Gasteiger partial charge in [-0.05, 0) is 24.8 Å². The van der Waals surface area contributed by atoms with E-state index in [1.807, 2.05) is 56.3 Å². The summed E-state index contributed by atoms with van der Waals surface area (Å²) < 4.78 is 5.26. The summed E-state index contributed by atoms with van der Waals surface area (Å²) in [7, 11) is 1.65. The molecular formula is C17H21NO2. The van der Waals surface area contributed by atoms with Gasteiger partial charge < -0.3 is 9.84 Å². The van der Waals surface area contributed by atoms with E-state index in [1.54, 1.807) is 7.11 Å². The Kier molecular flexibility index (Phi) is 4.74. The Balaban J connectivity index is 2.11. The standard InChI is InChI=1S/C17H21NO2/c1-12(17(19)14-7-5-4-6-8-14)9-15-11-16(20-3)10-13(2)18-15/h4-8,10-12,17,19H,9H2,1-3H3. The van der Waals surface area contributed by atoms with Gasteiger partial charge in [0.15, 0.2) is 0 Å². The zero-order chi connectivity index (χ0) is 14.5. The van der Waals surface area contributed by atoms with Gasteiger partial charge >= 0.3 is 0 Å². The van der Waals surface area contributed by atoms with Crippen molar-refractivity contribution in [3.63, 3.8) is 0 Å². The number of benzene rings is 1. The first kappa shape index (κ1) is 14.5. The number of aryl methyl sites for hydroxylation is 1. The van der Waals surface area contributed by atoms with E-state index < -0.39 is 6.10 Å². The number of nitrogens with zero attached hydrogens (tertiary/aromatic N) is 1. The number of ether oxygens (including phenoxy) is 1. The van der Waals surface area contributed by atoms with E-state index in [4.69, 9.17) is 4.74 Å². The number of aliphatic hydroxyl groups is 1. The van der Waals surface area contributed by atoms with Crippen molar-refractivity contribution in [2.45, 2.75) is 26.4 Å². The van der Waals surface area contributed by atoms with Gasteiger partial charge in [0, 0.05) is 23.5 Å². The maximum absolute atomic E-state index is 10.4. The summed E-state index contributed by atoms with van der Waals surface area (Å²) >= 11 is 0. The highest BCUT2D eigenvalue weighted by atomic mass is 16.5. The fourth-order valence-electron chi connectivity index (χ4n) is 2.35. The molecule has 106 valence electrons. The number of hydrogen-bond donors (Lipinski definition) is 1. The van der Waals surface area contributed by atoms with Crippen molar-refractivity contribution < 1.29 is 9.84 Å². The molecule has 2 aromatic rings. The molecule has 0 bridgehead atoms. The molecule has 2 atom stereocenters. The Morgan fingerprint density at radius 2 is 1.90 bits per heavy atom. The Hall–Kier alpha value is -1.87. The lowest BCUT2D eigenvalue weighted by atomic mass is 9.93. The van der Waals surface area contributed by atoms with Crippen LogP contribution in [0.25, 0.3) is 0 Å². The molecule has 0 spiro atoms. The summed E-state index contributed by atoms with van der Waals surface area (Å²) in [6.07, 6.45) is 0.234. The van der Waals surface area contributed by atoms with Crippen molar-refractivity contribution in [3.8, 4) is 5.75 Å². The third kappa shape index (κ3) is 3.58. The van der Waals surface area contributed by atoms with Crippen LogP contribution in [0.15, 0.2) is 42.5 Å². The number of hydrogen-bond acceptors (Lipinski definition) is 3. The highest BCUT2D eigenvalue weighted by molar-refractivity contribution is 5.27. The Bertz CT molecular complexity index is 554. The van der Waals surface area contributed by atoms with Crippen LogP contribution in [0, 0.1) is 12.8 Å². The smallest absolute Gasteiger partial charge is 0.122 e. The molecule has 1 heterocycles. The molecule has 0 saturated carbocycles. The predicted molar refractivity (Wildman–Crippen MR) is 79.8 cm³/mol. The summed E-state index contributed by atoms with van der Waals surface area (Å²) in [5.74, 6) is 0.908. The number of pyridine rings is 1. The highest BCUT2D eigenvalue weighted by Gasteiger charge is 2.17. The first-order valence-corrected chi connectivity index (χ1v) is 6.84. The molecule has 0 fully saturated rings. The van der Waals surface area contributed by atoms with Gasteiger partial charge in [0.05, 0.1) is 13.2 Å². The fraction of sp³-hybridized carbons (Fsp3) is 0.353. The van der Waals surface area contributed by atoms with Crippen LogP contribution in [0.1, 0.15) is 30.0 Å². The first-order valence-electron chi connectivity index (χ1n) is 6.84. The molecule has 0 saturated heterocycles. The van der Waals surface area contributed by atoms with E-state index in [2.05, 4.69) is 4.98 Å². The molecule has 0 amide bonds. The minimum absolute atomic E-state index is 0.0939. The second-order valence-electron chi connectivity index (χ2n) is 5.18.